The van der Waals surface area contributed by atoms with Crippen LogP contribution in [0.2, 0.25) is 0 Å². The average molecular weight is 400 g/mol. The molecular formula is C22H24O5S. The third-order valence-electron chi connectivity index (χ3n) is 5.14. The van der Waals surface area contributed by atoms with Gasteiger partial charge in [0.05, 0.1) is 10.5 Å². The second-order valence-corrected chi connectivity index (χ2v) is 9.27. The number of hydrogen-bond acceptors (Lipinski definition) is 5. The maximum atomic E-state index is 12.3. The number of esters is 1. The van der Waals surface area contributed by atoms with Crippen LogP contribution in [-0.2, 0) is 14.6 Å². The molecule has 3 rings (SSSR count). The van der Waals surface area contributed by atoms with E-state index in [1.807, 2.05) is 12.1 Å². The van der Waals surface area contributed by atoms with E-state index in [1.54, 1.807) is 12.1 Å². The summed E-state index contributed by atoms with van der Waals surface area (Å²) < 4.78 is 28.3. The molecule has 28 heavy (non-hydrogen) atoms. The summed E-state index contributed by atoms with van der Waals surface area (Å²) in [6.07, 6.45) is 7.25. The van der Waals surface area contributed by atoms with Gasteiger partial charge < -0.3 is 4.74 Å². The summed E-state index contributed by atoms with van der Waals surface area (Å²) in [6, 6.07) is 13.1. The van der Waals surface area contributed by atoms with Crippen molar-refractivity contribution >= 4 is 21.6 Å². The zero-order valence-electron chi connectivity index (χ0n) is 15.9. The summed E-state index contributed by atoms with van der Waals surface area (Å²) in [6.45, 7) is -0.384. The van der Waals surface area contributed by atoms with Crippen LogP contribution >= 0.6 is 0 Å². The molecule has 0 aromatic heterocycles. The molecule has 0 saturated heterocycles. The summed E-state index contributed by atoms with van der Waals surface area (Å²) in [7, 11) is -3.42. The van der Waals surface area contributed by atoms with Crippen LogP contribution in [-0.4, -0.2) is 33.0 Å². The lowest BCUT2D eigenvalue weighted by atomic mass is 9.84. The zero-order valence-corrected chi connectivity index (χ0v) is 16.7. The number of sulfone groups is 1. The van der Waals surface area contributed by atoms with Crippen molar-refractivity contribution in [2.24, 2.45) is 0 Å². The Morgan fingerprint density at radius 2 is 1.64 bits per heavy atom. The Morgan fingerprint density at radius 1 is 0.964 bits per heavy atom. The van der Waals surface area contributed by atoms with Crippen molar-refractivity contribution in [3.05, 3.63) is 65.2 Å². The molecule has 1 fully saturated rings. The lowest BCUT2D eigenvalue weighted by molar-refractivity contribution is 0.0474. The third-order valence-corrected chi connectivity index (χ3v) is 6.25. The number of rotatable bonds is 6. The predicted octanol–water partition coefficient (Wildman–Crippen LogP) is 4.18. The van der Waals surface area contributed by atoms with Gasteiger partial charge >= 0.3 is 5.97 Å². The van der Waals surface area contributed by atoms with Gasteiger partial charge in [0.2, 0.25) is 0 Å². The van der Waals surface area contributed by atoms with Crippen molar-refractivity contribution in [3.8, 4) is 0 Å². The lowest BCUT2D eigenvalue weighted by Crippen LogP contribution is -2.15. The normalized spacial score (nSPS) is 15.2. The Kier molecular flexibility index (Phi) is 6.29. The van der Waals surface area contributed by atoms with Gasteiger partial charge in [0.25, 0.3) is 0 Å². The monoisotopic (exact) mass is 400 g/mol. The predicted molar refractivity (Wildman–Crippen MR) is 106 cm³/mol. The molecule has 0 amide bonds. The number of Topliss-reactive ketones (excluding diaryl/α,β-unsaturated/α-hetero) is 1. The molecule has 0 atom stereocenters. The highest BCUT2D eigenvalue weighted by Gasteiger charge is 2.17. The fourth-order valence-corrected chi connectivity index (χ4v) is 4.20. The molecule has 5 nitrogen and oxygen atoms in total. The number of ketones is 1. The van der Waals surface area contributed by atoms with Crippen molar-refractivity contribution in [3.63, 3.8) is 0 Å². The second-order valence-electron chi connectivity index (χ2n) is 7.26. The Morgan fingerprint density at radius 3 is 2.29 bits per heavy atom. The van der Waals surface area contributed by atoms with Crippen LogP contribution in [0.25, 0.3) is 0 Å². The van der Waals surface area contributed by atoms with E-state index in [2.05, 4.69) is 0 Å². The van der Waals surface area contributed by atoms with E-state index in [4.69, 9.17) is 4.74 Å². The fraction of sp³-hybridized carbons (Fsp3) is 0.364. The molecule has 1 aliphatic rings. The second kappa shape index (κ2) is 8.69. The first-order valence-electron chi connectivity index (χ1n) is 9.45. The first-order chi connectivity index (χ1) is 13.3. The van der Waals surface area contributed by atoms with Gasteiger partial charge in [-0.15, -0.1) is 0 Å². The van der Waals surface area contributed by atoms with Gasteiger partial charge in [-0.2, -0.15) is 0 Å². The summed E-state index contributed by atoms with van der Waals surface area (Å²) in [5.41, 5.74) is 1.85. The summed E-state index contributed by atoms with van der Waals surface area (Å²) >= 11 is 0. The first kappa shape index (κ1) is 20.3. The van der Waals surface area contributed by atoms with Crippen molar-refractivity contribution in [2.45, 2.75) is 42.9 Å². The van der Waals surface area contributed by atoms with Crippen molar-refractivity contribution in [2.75, 3.05) is 12.9 Å². The Bertz CT molecular complexity index is 955. The van der Waals surface area contributed by atoms with Crippen LogP contribution in [0.5, 0.6) is 0 Å². The van der Waals surface area contributed by atoms with Crippen molar-refractivity contribution in [1.29, 1.82) is 0 Å². The van der Waals surface area contributed by atoms with Gasteiger partial charge in [-0.1, -0.05) is 49.6 Å². The largest absolute Gasteiger partial charge is 0.454 e. The standard InChI is InChI=1S/C22H24O5S/c1-28(25,26)20-9-5-8-19(14-20)22(24)27-15-21(23)18-12-10-17(11-13-18)16-6-3-2-4-7-16/h5,8-14,16H,2-4,6-7,15H2,1H3. The van der Waals surface area contributed by atoms with E-state index in [9.17, 15) is 18.0 Å². The number of ether oxygens (including phenoxy) is 1. The van der Waals surface area contributed by atoms with Gasteiger partial charge in [0.15, 0.2) is 22.2 Å². The van der Waals surface area contributed by atoms with Crippen LogP contribution in [0.15, 0.2) is 53.4 Å². The Labute approximate surface area is 165 Å². The zero-order chi connectivity index (χ0) is 20.1. The third kappa shape index (κ3) is 5.07. The first-order valence-corrected chi connectivity index (χ1v) is 11.3. The van der Waals surface area contributed by atoms with Crippen LogP contribution < -0.4 is 0 Å². The van der Waals surface area contributed by atoms with Gasteiger partial charge in [-0.3, -0.25) is 4.79 Å². The smallest absolute Gasteiger partial charge is 0.338 e. The molecule has 0 unspecified atom stereocenters. The summed E-state index contributed by atoms with van der Waals surface area (Å²) in [4.78, 5) is 24.5. The number of carbonyl (C=O) groups excluding carboxylic acids is 2. The van der Waals surface area contributed by atoms with Gasteiger partial charge in [-0.25, -0.2) is 13.2 Å². The minimum atomic E-state index is -3.42. The van der Waals surface area contributed by atoms with Gasteiger partial charge in [0.1, 0.15) is 0 Å². The van der Waals surface area contributed by atoms with Crippen LogP contribution in [0, 0.1) is 0 Å². The average Bonchev–Trinajstić information content (AvgIpc) is 2.72. The fourth-order valence-electron chi connectivity index (χ4n) is 3.53. The van der Waals surface area contributed by atoms with Gasteiger partial charge in [0, 0.05) is 11.8 Å². The lowest BCUT2D eigenvalue weighted by Gasteiger charge is -2.22. The molecular weight excluding hydrogens is 376 g/mol. The van der Waals surface area contributed by atoms with E-state index in [-0.39, 0.29) is 22.8 Å². The Balaban J connectivity index is 1.60. The molecule has 148 valence electrons. The van der Waals surface area contributed by atoms with E-state index in [1.165, 1.54) is 61.9 Å². The molecule has 2 aromatic rings. The highest BCUT2D eigenvalue weighted by Crippen LogP contribution is 2.32. The molecule has 0 bridgehead atoms. The van der Waals surface area contributed by atoms with E-state index < -0.39 is 15.8 Å². The number of benzene rings is 2. The van der Waals surface area contributed by atoms with E-state index in [0.717, 1.165) is 6.26 Å². The van der Waals surface area contributed by atoms with E-state index in [0.29, 0.717) is 11.5 Å². The summed E-state index contributed by atoms with van der Waals surface area (Å²) in [5, 5.41) is 0. The topological polar surface area (TPSA) is 77.5 Å². The molecule has 0 radical (unpaired) electrons. The molecule has 0 spiro atoms. The molecule has 0 N–H and O–H groups in total. The van der Waals surface area contributed by atoms with Crippen molar-refractivity contribution in [1.82, 2.24) is 0 Å². The molecule has 6 heteroatoms. The minimum Gasteiger partial charge on any atom is -0.454 e. The quantitative estimate of drug-likeness (QED) is 0.537. The van der Waals surface area contributed by atoms with Crippen LogP contribution in [0.1, 0.15) is 64.3 Å². The molecule has 0 aliphatic heterocycles. The highest BCUT2D eigenvalue weighted by atomic mass is 32.2. The molecule has 0 heterocycles. The maximum absolute atomic E-state index is 12.3. The van der Waals surface area contributed by atoms with Crippen molar-refractivity contribution < 1.29 is 22.7 Å². The van der Waals surface area contributed by atoms with Gasteiger partial charge in [-0.05, 0) is 42.5 Å². The molecule has 1 aliphatic carbocycles. The Hall–Kier alpha value is -2.47. The van der Waals surface area contributed by atoms with Crippen LogP contribution in [0.3, 0.4) is 0 Å². The SMILES string of the molecule is CS(=O)(=O)c1cccc(C(=O)OCC(=O)c2ccc(C3CCCCC3)cc2)c1. The molecule has 2 aromatic carbocycles. The minimum absolute atomic E-state index is 0.0339. The maximum Gasteiger partial charge on any atom is 0.338 e. The number of carbonyl (C=O) groups is 2. The molecule has 1 saturated carbocycles. The highest BCUT2D eigenvalue weighted by molar-refractivity contribution is 7.90. The summed E-state index contributed by atoms with van der Waals surface area (Å²) in [5.74, 6) is -0.446. The van der Waals surface area contributed by atoms with E-state index >= 15 is 0 Å². The van der Waals surface area contributed by atoms with Crippen LogP contribution in [0.4, 0.5) is 0 Å². The number of hydrogen-bond donors (Lipinski definition) is 0.